The third-order valence-electron chi connectivity index (χ3n) is 5.95. The zero-order chi connectivity index (χ0) is 25.4. The van der Waals surface area contributed by atoms with Crippen molar-refractivity contribution in [1.82, 2.24) is 15.2 Å². The largest absolute Gasteiger partial charge is 0.497 e. The Hall–Kier alpha value is -3.32. The van der Waals surface area contributed by atoms with Crippen LogP contribution in [-0.4, -0.2) is 42.5 Å². The van der Waals surface area contributed by atoms with Gasteiger partial charge in [-0.1, -0.05) is 31.4 Å². The predicted molar refractivity (Wildman–Crippen MR) is 138 cm³/mol. The van der Waals surface area contributed by atoms with Crippen LogP contribution in [0.3, 0.4) is 0 Å². The van der Waals surface area contributed by atoms with E-state index >= 15 is 0 Å². The highest BCUT2D eigenvalue weighted by molar-refractivity contribution is 6.30. The summed E-state index contributed by atoms with van der Waals surface area (Å²) in [5.74, 6) is 0.251. The van der Waals surface area contributed by atoms with Gasteiger partial charge in [-0.05, 0) is 61.4 Å². The van der Waals surface area contributed by atoms with Crippen LogP contribution >= 0.6 is 11.6 Å². The number of amides is 2. The van der Waals surface area contributed by atoms with Gasteiger partial charge >= 0.3 is 0 Å². The van der Waals surface area contributed by atoms with E-state index in [2.05, 4.69) is 17.6 Å². The minimum Gasteiger partial charge on any atom is -0.497 e. The van der Waals surface area contributed by atoms with Gasteiger partial charge in [-0.25, -0.2) is 0 Å². The first-order valence-corrected chi connectivity index (χ1v) is 12.2. The molecule has 0 aliphatic carbocycles. The molecule has 0 saturated heterocycles. The van der Waals surface area contributed by atoms with Crippen LogP contribution in [0.5, 0.6) is 5.75 Å². The molecule has 35 heavy (non-hydrogen) atoms. The highest BCUT2D eigenvalue weighted by Crippen LogP contribution is 2.30. The number of rotatable bonds is 11. The fourth-order valence-electron chi connectivity index (χ4n) is 4.05. The van der Waals surface area contributed by atoms with Crippen molar-refractivity contribution in [3.63, 3.8) is 0 Å². The lowest BCUT2D eigenvalue weighted by Crippen LogP contribution is -2.35. The number of hydrogen-bond donors (Lipinski definition) is 2. The molecule has 0 saturated carbocycles. The third-order valence-corrected chi connectivity index (χ3v) is 6.20. The van der Waals surface area contributed by atoms with E-state index in [0.29, 0.717) is 47.1 Å². The maximum atomic E-state index is 13.4. The first-order chi connectivity index (χ1) is 16.8. The van der Waals surface area contributed by atoms with Crippen LogP contribution in [0.15, 0.2) is 42.5 Å². The molecule has 0 radical (unpaired) electrons. The molecule has 3 aromatic rings. The number of nitrogens with zero attached hydrogens (tertiary/aromatic N) is 1. The lowest BCUT2D eigenvalue weighted by atomic mass is 10.1. The summed E-state index contributed by atoms with van der Waals surface area (Å²) in [4.78, 5) is 37.9. The van der Waals surface area contributed by atoms with Crippen molar-refractivity contribution in [2.75, 3.05) is 20.2 Å². The number of carbonyl (C=O) groups is 3. The van der Waals surface area contributed by atoms with Gasteiger partial charge in [-0.15, -0.1) is 0 Å². The Balaban J connectivity index is 1.76. The number of fused-ring (bicyclic) bond motifs is 1. The molecule has 2 N–H and O–H groups in total. The summed E-state index contributed by atoms with van der Waals surface area (Å²) in [5.41, 5.74) is 2.64. The Morgan fingerprint density at radius 1 is 0.971 bits per heavy atom. The number of benzene rings is 2. The quantitative estimate of drug-likeness (QED) is 0.377. The molecule has 0 aliphatic heterocycles. The Kier molecular flexibility index (Phi) is 9.32. The molecular formula is C27H32ClN3O4. The summed E-state index contributed by atoms with van der Waals surface area (Å²) in [6.45, 7) is 4.64. The van der Waals surface area contributed by atoms with Crippen molar-refractivity contribution < 1.29 is 19.1 Å². The van der Waals surface area contributed by atoms with Crippen LogP contribution in [0.2, 0.25) is 5.02 Å². The molecule has 7 nitrogen and oxygen atoms in total. The van der Waals surface area contributed by atoms with Crippen molar-refractivity contribution in [2.24, 2.45) is 0 Å². The molecule has 0 unspecified atom stereocenters. The smallest absolute Gasteiger partial charge is 0.262 e. The zero-order valence-corrected chi connectivity index (χ0v) is 21.2. The third kappa shape index (κ3) is 6.63. The predicted octanol–water partition coefficient (Wildman–Crippen LogP) is 4.66. The van der Waals surface area contributed by atoms with Crippen molar-refractivity contribution in [3.8, 4) is 5.75 Å². The summed E-state index contributed by atoms with van der Waals surface area (Å²) in [7, 11) is 1.58. The van der Waals surface area contributed by atoms with Gasteiger partial charge in [-0.2, -0.15) is 0 Å². The lowest BCUT2D eigenvalue weighted by Gasteiger charge is -2.09. The van der Waals surface area contributed by atoms with E-state index in [9.17, 15) is 14.4 Å². The maximum absolute atomic E-state index is 13.4. The van der Waals surface area contributed by atoms with Crippen molar-refractivity contribution >= 4 is 40.2 Å². The fourth-order valence-corrected chi connectivity index (χ4v) is 4.17. The highest BCUT2D eigenvalue weighted by atomic mass is 35.5. The number of unbranched alkanes of at least 4 members (excludes halogenated alkanes) is 2. The summed E-state index contributed by atoms with van der Waals surface area (Å²) >= 11 is 5.98. The van der Waals surface area contributed by atoms with Gasteiger partial charge in [-0.3, -0.25) is 19.0 Å². The van der Waals surface area contributed by atoms with Crippen molar-refractivity contribution in [3.05, 3.63) is 64.3 Å². The number of nitrogens with one attached hydrogen (secondary N) is 2. The van der Waals surface area contributed by atoms with Crippen LogP contribution in [0.4, 0.5) is 0 Å². The maximum Gasteiger partial charge on any atom is 0.262 e. The molecular weight excluding hydrogens is 466 g/mol. The van der Waals surface area contributed by atoms with Crippen molar-refractivity contribution in [2.45, 2.75) is 46.0 Å². The number of carbonyl (C=O) groups excluding carboxylic acids is 3. The summed E-state index contributed by atoms with van der Waals surface area (Å²) < 4.78 is 7.00. The zero-order valence-electron chi connectivity index (χ0n) is 20.4. The molecule has 3 rings (SSSR count). The van der Waals surface area contributed by atoms with E-state index in [1.165, 1.54) is 0 Å². The average Bonchev–Trinajstić information content (AvgIpc) is 3.12. The second-order valence-corrected chi connectivity index (χ2v) is 8.86. The molecule has 186 valence electrons. The van der Waals surface area contributed by atoms with E-state index in [0.717, 1.165) is 30.2 Å². The highest BCUT2D eigenvalue weighted by Gasteiger charge is 2.22. The van der Waals surface area contributed by atoms with Crippen LogP contribution in [-0.2, 0) is 16.0 Å². The minimum absolute atomic E-state index is 0.000536. The molecule has 0 atom stereocenters. The van der Waals surface area contributed by atoms with Crippen LogP contribution in [0.1, 0.15) is 54.2 Å². The normalized spacial score (nSPS) is 10.9. The summed E-state index contributed by atoms with van der Waals surface area (Å²) in [6, 6.07) is 12.2. The fraction of sp³-hybridized carbons (Fsp3) is 0.370. The number of methoxy groups -OCH3 is 1. The minimum atomic E-state index is -0.202. The Morgan fingerprint density at radius 3 is 2.31 bits per heavy atom. The summed E-state index contributed by atoms with van der Waals surface area (Å²) in [6.07, 6.45) is 3.57. The van der Waals surface area contributed by atoms with Gasteiger partial charge in [0, 0.05) is 41.2 Å². The molecule has 0 fully saturated rings. The first kappa shape index (κ1) is 26.3. The number of halogens is 1. The number of hydrogen-bond acceptors (Lipinski definition) is 4. The van der Waals surface area contributed by atoms with E-state index in [1.54, 1.807) is 42.0 Å². The number of ether oxygens (including phenoxy) is 1. The van der Waals surface area contributed by atoms with E-state index in [4.69, 9.17) is 16.3 Å². The second-order valence-electron chi connectivity index (χ2n) is 8.43. The Morgan fingerprint density at radius 2 is 1.66 bits per heavy atom. The Labute approximate surface area is 210 Å². The molecule has 2 aromatic carbocycles. The molecule has 1 heterocycles. The van der Waals surface area contributed by atoms with E-state index < -0.39 is 0 Å². The average molecular weight is 498 g/mol. The van der Waals surface area contributed by atoms with Gasteiger partial charge in [0.25, 0.3) is 5.91 Å². The van der Waals surface area contributed by atoms with Crippen molar-refractivity contribution in [1.29, 1.82) is 0 Å². The SMILES string of the molecule is CCCCCC(=O)NCCNC(=O)Cc1c(C)n(C(=O)c2ccc(Cl)cc2)c2ccc(OC)cc12. The standard InChI is InChI=1S/C27H32ClN3O4/c1-4-5-6-7-25(32)29-14-15-30-26(33)17-22-18(2)31(24-13-12-21(35-3)16-23(22)24)27(34)19-8-10-20(28)11-9-19/h8-13,16H,4-7,14-15,17H2,1-3H3,(H,29,32)(H,30,33). The molecule has 0 spiro atoms. The van der Waals surface area contributed by atoms with Gasteiger partial charge in [0.15, 0.2) is 0 Å². The van der Waals surface area contributed by atoms with E-state index in [-0.39, 0.29) is 24.1 Å². The molecule has 1 aromatic heterocycles. The molecule has 8 heteroatoms. The second kappa shape index (κ2) is 12.4. The van der Waals surface area contributed by atoms with Gasteiger partial charge in [0.05, 0.1) is 19.0 Å². The van der Waals surface area contributed by atoms with Crippen LogP contribution in [0, 0.1) is 6.92 Å². The first-order valence-electron chi connectivity index (χ1n) is 11.9. The van der Waals surface area contributed by atoms with E-state index in [1.807, 2.05) is 19.1 Å². The molecule has 0 aliphatic rings. The topological polar surface area (TPSA) is 89.4 Å². The summed E-state index contributed by atoms with van der Waals surface area (Å²) in [5, 5.41) is 7.02. The molecule has 2 amide bonds. The van der Waals surface area contributed by atoms with Crippen LogP contribution in [0.25, 0.3) is 10.9 Å². The molecule has 0 bridgehead atoms. The van der Waals surface area contributed by atoms with Gasteiger partial charge in [0.1, 0.15) is 5.75 Å². The van der Waals surface area contributed by atoms with Gasteiger partial charge in [0.2, 0.25) is 11.8 Å². The monoisotopic (exact) mass is 497 g/mol. The van der Waals surface area contributed by atoms with Crippen LogP contribution < -0.4 is 15.4 Å². The lowest BCUT2D eigenvalue weighted by molar-refractivity contribution is -0.122. The van der Waals surface area contributed by atoms with Gasteiger partial charge < -0.3 is 15.4 Å². The number of aromatic nitrogens is 1. The Bertz CT molecular complexity index is 1200.